The molecule has 0 N–H and O–H groups in total. The molecule has 3 rings (SSSR count). The van der Waals surface area contributed by atoms with Crippen molar-refractivity contribution in [1.29, 1.82) is 0 Å². The summed E-state index contributed by atoms with van der Waals surface area (Å²) in [6.45, 7) is 2.03. The summed E-state index contributed by atoms with van der Waals surface area (Å²) in [6.07, 6.45) is 2.03. The second kappa shape index (κ2) is 3.49. The summed E-state index contributed by atoms with van der Waals surface area (Å²) in [7, 11) is 0. The predicted octanol–water partition coefficient (Wildman–Crippen LogP) is 3.11. The maximum Gasteiger partial charge on any atom is 0.137 e. The Hall–Kier alpha value is -2.09. The van der Waals surface area contributed by atoms with Crippen LogP contribution in [0, 0.1) is 13.0 Å². The maximum absolute atomic E-state index is 4.53. The van der Waals surface area contributed by atoms with Crippen LogP contribution >= 0.6 is 0 Å². The molecule has 77 valence electrons. The van der Waals surface area contributed by atoms with E-state index in [1.165, 1.54) is 0 Å². The Balaban J connectivity index is 2.35. The van der Waals surface area contributed by atoms with Crippen LogP contribution in [0.3, 0.4) is 0 Å². The Kier molecular flexibility index (Phi) is 2.00. The van der Waals surface area contributed by atoms with Crippen molar-refractivity contribution < 1.29 is 0 Å². The number of hydrogen-bond acceptors (Lipinski definition) is 1. The zero-order valence-electron chi connectivity index (χ0n) is 9.01. The second-order valence-electron chi connectivity index (χ2n) is 3.75. The third-order valence-corrected chi connectivity index (χ3v) is 2.67. The van der Waals surface area contributed by atoms with Gasteiger partial charge in [0.2, 0.25) is 0 Å². The van der Waals surface area contributed by atoms with E-state index >= 15 is 0 Å². The summed E-state index contributed by atoms with van der Waals surface area (Å²) in [6, 6.07) is 17.3. The molecule has 0 saturated heterocycles. The Morgan fingerprint density at radius 3 is 2.81 bits per heavy atom. The summed E-state index contributed by atoms with van der Waals surface area (Å²) >= 11 is 0. The lowest BCUT2D eigenvalue weighted by Gasteiger charge is -2.01. The first kappa shape index (κ1) is 9.16. The van der Waals surface area contributed by atoms with Crippen molar-refractivity contribution in [1.82, 2.24) is 9.38 Å². The van der Waals surface area contributed by atoms with E-state index < -0.39 is 0 Å². The van der Waals surface area contributed by atoms with Crippen LogP contribution in [0.4, 0.5) is 0 Å². The van der Waals surface area contributed by atoms with Gasteiger partial charge in [0.1, 0.15) is 5.65 Å². The first-order valence-electron chi connectivity index (χ1n) is 5.27. The lowest BCUT2D eigenvalue weighted by atomic mass is 10.1. The fraction of sp³-hybridized carbons (Fsp3) is 0.0714. The number of benzene rings is 1. The van der Waals surface area contributed by atoms with Crippen LogP contribution in [-0.4, -0.2) is 9.38 Å². The van der Waals surface area contributed by atoms with E-state index in [4.69, 9.17) is 0 Å². The molecule has 1 radical (unpaired) electrons. The van der Waals surface area contributed by atoms with Crippen LogP contribution in [0.2, 0.25) is 0 Å². The monoisotopic (exact) mass is 207 g/mol. The molecule has 0 fully saturated rings. The number of aromatic nitrogens is 2. The highest BCUT2D eigenvalue weighted by molar-refractivity contribution is 5.66. The van der Waals surface area contributed by atoms with Crippen LogP contribution in [0.15, 0.2) is 48.7 Å². The van der Waals surface area contributed by atoms with Gasteiger partial charge in [0.25, 0.3) is 0 Å². The Bertz CT molecular complexity index is 624. The molecule has 2 nitrogen and oxygen atoms in total. The quantitative estimate of drug-likeness (QED) is 0.599. The number of fused-ring (bicyclic) bond motifs is 1. The number of nitrogens with zero attached hydrogens (tertiary/aromatic N) is 2. The molecule has 0 aliphatic rings. The molecule has 0 spiro atoms. The Morgan fingerprint density at radius 1 is 1.12 bits per heavy atom. The van der Waals surface area contributed by atoms with Gasteiger partial charge in [-0.1, -0.05) is 30.3 Å². The average Bonchev–Trinajstić information content (AvgIpc) is 2.66. The van der Waals surface area contributed by atoms with Crippen molar-refractivity contribution in [2.75, 3.05) is 0 Å². The summed E-state index contributed by atoms with van der Waals surface area (Å²) in [5.74, 6) is 0. The van der Waals surface area contributed by atoms with Crippen molar-refractivity contribution in [3.63, 3.8) is 0 Å². The normalized spacial score (nSPS) is 10.8. The zero-order valence-corrected chi connectivity index (χ0v) is 9.01. The molecule has 0 saturated carbocycles. The second-order valence-corrected chi connectivity index (χ2v) is 3.75. The molecule has 0 amide bonds. The molecular formula is C14H11N2. The third kappa shape index (κ3) is 1.31. The molecule has 0 aliphatic heterocycles. The van der Waals surface area contributed by atoms with E-state index in [0.717, 1.165) is 22.6 Å². The van der Waals surface area contributed by atoms with E-state index in [9.17, 15) is 0 Å². The molecule has 1 aromatic carbocycles. The number of aryl methyl sites for hydroxylation is 1. The van der Waals surface area contributed by atoms with Gasteiger partial charge in [0.05, 0.1) is 11.4 Å². The highest BCUT2D eigenvalue weighted by Crippen LogP contribution is 2.23. The third-order valence-electron chi connectivity index (χ3n) is 2.67. The van der Waals surface area contributed by atoms with Crippen molar-refractivity contribution in [3.05, 3.63) is 60.4 Å². The van der Waals surface area contributed by atoms with Crippen molar-refractivity contribution in [2.24, 2.45) is 0 Å². The fourth-order valence-corrected chi connectivity index (χ4v) is 1.98. The molecule has 2 heteroatoms. The lowest BCUT2D eigenvalue weighted by Crippen LogP contribution is -1.88. The van der Waals surface area contributed by atoms with E-state index in [0.29, 0.717) is 0 Å². The molecule has 2 aromatic heterocycles. The largest absolute Gasteiger partial charge is 0.299 e. The van der Waals surface area contributed by atoms with Gasteiger partial charge in [-0.15, -0.1) is 0 Å². The molecule has 0 bridgehead atoms. The van der Waals surface area contributed by atoms with Gasteiger partial charge in [0, 0.05) is 11.8 Å². The van der Waals surface area contributed by atoms with E-state index in [-0.39, 0.29) is 0 Å². The summed E-state index contributed by atoms with van der Waals surface area (Å²) in [5, 5.41) is 0. The number of rotatable bonds is 1. The van der Waals surface area contributed by atoms with Gasteiger partial charge in [-0.05, 0) is 25.1 Å². The first-order chi connectivity index (χ1) is 7.86. The molecule has 3 aromatic rings. The highest BCUT2D eigenvalue weighted by atomic mass is 15.0. The van der Waals surface area contributed by atoms with Gasteiger partial charge in [0.15, 0.2) is 0 Å². The lowest BCUT2D eigenvalue weighted by molar-refractivity contribution is 1.19. The average molecular weight is 207 g/mol. The van der Waals surface area contributed by atoms with Crippen molar-refractivity contribution in [3.8, 4) is 11.3 Å². The topological polar surface area (TPSA) is 17.3 Å². The minimum atomic E-state index is 0.979. The van der Waals surface area contributed by atoms with Gasteiger partial charge in [-0.25, -0.2) is 4.98 Å². The highest BCUT2D eigenvalue weighted by Gasteiger charge is 2.09. The van der Waals surface area contributed by atoms with Gasteiger partial charge >= 0.3 is 0 Å². The SMILES string of the molecule is Cc1nc2ccccn2c1-c1[c]cccc1. The molecule has 16 heavy (non-hydrogen) atoms. The van der Waals surface area contributed by atoms with Gasteiger partial charge in [-0.2, -0.15) is 0 Å². The van der Waals surface area contributed by atoms with E-state index in [1.54, 1.807) is 0 Å². The van der Waals surface area contributed by atoms with Gasteiger partial charge < -0.3 is 0 Å². The molecule has 0 unspecified atom stereocenters. The molecule has 0 atom stereocenters. The minimum Gasteiger partial charge on any atom is -0.299 e. The smallest absolute Gasteiger partial charge is 0.137 e. The first-order valence-corrected chi connectivity index (χ1v) is 5.27. The summed E-state index contributed by atoms with van der Waals surface area (Å²) in [5.41, 5.74) is 4.22. The van der Waals surface area contributed by atoms with Crippen LogP contribution in [-0.2, 0) is 0 Å². The van der Waals surface area contributed by atoms with E-state index in [1.807, 2.05) is 49.5 Å². The van der Waals surface area contributed by atoms with Crippen molar-refractivity contribution >= 4 is 5.65 Å². The van der Waals surface area contributed by atoms with E-state index in [2.05, 4.69) is 21.5 Å². The standard InChI is InChI=1S/C14H11N2/c1-11-14(12-7-3-2-4-8-12)16-10-6-5-9-13(16)15-11/h2-7,9-10H,1H3. The summed E-state index contributed by atoms with van der Waals surface area (Å²) < 4.78 is 2.10. The van der Waals surface area contributed by atoms with Crippen LogP contribution in [0.5, 0.6) is 0 Å². The zero-order chi connectivity index (χ0) is 11.0. The summed E-state index contributed by atoms with van der Waals surface area (Å²) in [4.78, 5) is 4.53. The minimum absolute atomic E-state index is 0.979. The van der Waals surface area contributed by atoms with Crippen LogP contribution in [0.1, 0.15) is 5.69 Å². The van der Waals surface area contributed by atoms with Gasteiger partial charge in [-0.3, -0.25) is 4.40 Å². The van der Waals surface area contributed by atoms with Crippen LogP contribution in [0.25, 0.3) is 16.9 Å². The molecule has 0 aliphatic carbocycles. The number of imidazole rings is 1. The fourth-order valence-electron chi connectivity index (χ4n) is 1.98. The van der Waals surface area contributed by atoms with Crippen molar-refractivity contribution in [2.45, 2.75) is 6.92 Å². The predicted molar refractivity (Wildman–Crippen MR) is 64.2 cm³/mol. The maximum atomic E-state index is 4.53. The Labute approximate surface area is 94.2 Å². The molecule has 2 heterocycles. The molecular weight excluding hydrogens is 196 g/mol. The number of pyridine rings is 1. The number of hydrogen-bond donors (Lipinski definition) is 0. The Morgan fingerprint density at radius 2 is 2.00 bits per heavy atom. The van der Waals surface area contributed by atoms with Crippen LogP contribution < -0.4 is 0 Å².